The highest BCUT2D eigenvalue weighted by atomic mass is 19.4. The minimum Gasteiger partial charge on any atom is -0.364 e. The highest BCUT2D eigenvalue weighted by molar-refractivity contribution is 5.78. The van der Waals surface area contributed by atoms with Crippen LogP contribution in [0.15, 0.2) is 35.1 Å². The van der Waals surface area contributed by atoms with Gasteiger partial charge in [0.1, 0.15) is 17.9 Å². The van der Waals surface area contributed by atoms with Crippen molar-refractivity contribution >= 4 is 5.91 Å². The number of carbonyl (C=O) groups is 1. The lowest BCUT2D eigenvalue weighted by atomic mass is 10.0. The molecular weight excluding hydrogens is 311 g/mol. The van der Waals surface area contributed by atoms with Gasteiger partial charge in [-0.05, 0) is 12.1 Å². The number of rotatable bonds is 4. The number of aromatic nitrogens is 1. The molecule has 0 radical (unpaired) electrons. The zero-order valence-corrected chi connectivity index (χ0v) is 10.8. The Morgan fingerprint density at radius 1 is 1.23 bits per heavy atom. The van der Waals surface area contributed by atoms with Crippen LogP contribution in [-0.4, -0.2) is 17.2 Å². The van der Waals surface area contributed by atoms with Gasteiger partial charge in [0.2, 0.25) is 5.91 Å². The molecule has 0 aliphatic carbocycles. The molecule has 22 heavy (non-hydrogen) atoms. The van der Waals surface area contributed by atoms with Gasteiger partial charge < -0.3 is 9.84 Å². The maximum absolute atomic E-state index is 13.5. The van der Waals surface area contributed by atoms with Crippen molar-refractivity contribution in [3.63, 3.8) is 0 Å². The molecule has 0 saturated heterocycles. The van der Waals surface area contributed by atoms with Gasteiger partial charge in [0.25, 0.3) is 0 Å². The van der Waals surface area contributed by atoms with Gasteiger partial charge >= 0.3 is 6.18 Å². The van der Waals surface area contributed by atoms with E-state index >= 15 is 0 Å². The number of carbonyl (C=O) groups excluding carboxylic acids is 1. The molecule has 118 valence electrons. The lowest BCUT2D eigenvalue weighted by Crippen LogP contribution is -2.40. The van der Waals surface area contributed by atoms with Crippen molar-refractivity contribution in [2.24, 2.45) is 0 Å². The first kappa shape index (κ1) is 15.9. The zero-order chi connectivity index (χ0) is 16.3. The molecule has 2 rings (SSSR count). The number of alkyl halides is 3. The van der Waals surface area contributed by atoms with Crippen LogP contribution in [0, 0.1) is 11.6 Å². The Morgan fingerprint density at radius 3 is 2.36 bits per heavy atom. The number of amides is 1. The standard InChI is InChI=1S/C13H9F5N2O2/c14-8-2-1-3-9(15)11(8)12(13(16,17)18)19-10(21)6-7-4-5-22-20-7/h1-5,12H,6H2,(H,19,21)/t12-/m0/s1. The molecule has 1 atom stereocenters. The van der Waals surface area contributed by atoms with Crippen molar-refractivity contribution in [1.29, 1.82) is 0 Å². The van der Waals surface area contributed by atoms with E-state index in [2.05, 4.69) is 9.68 Å². The summed E-state index contributed by atoms with van der Waals surface area (Å²) < 4.78 is 70.6. The lowest BCUT2D eigenvalue weighted by molar-refractivity contribution is -0.164. The van der Waals surface area contributed by atoms with Crippen LogP contribution in [0.3, 0.4) is 0 Å². The van der Waals surface area contributed by atoms with Crippen molar-refractivity contribution in [3.8, 4) is 0 Å². The van der Waals surface area contributed by atoms with E-state index in [0.29, 0.717) is 12.1 Å². The SMILES string of the molecule is O=C(Cc1ccon1)N[C@@H](c1c(F)cccc1F)C(F)(F)F. The number of benzene rings is 1. The first-order chi connectivity index (χ1) is 10.3. The average molecular weight is 320 g/mol. The molecule has 2 aromatic rings. The van der Waals surface area contributed by atoms with E-state index < -0.39 is 41.7 Å². The molecule has 0 spiro atoms. The molecule has 1 aromatic heterocycles. The number of nitrogens with zero attached hydrogens (tertiary/aromatic N) is 1. The summed E-state index contributed by atoms with van der Waals surface area (Å²) in [5.41, 5.74) is -1.17. The van der Waals surface area contributed by atoms with Crippen LogP contribution >= 0.6 is 0 Å². The van der Waals surface area contributed by atoms with Crippen LogP contribution in [0.5, 0.6) is 0 Å². The molecule has 1 aromatic carbocycles. The second-order valence-electron chi connectivity index (χ2n) is 4.35. The van der Waals surface area contributed by atoms with E-state index in [0.717, 1.165) is 12.3 Å². The molecule has 0 saturated carbocycles. The highest BCUT2D eigenvalue weighted by Gasteiger charge is 2.44. The number of hydrogen-bond acceptors (Lipinski definition) is 3. The molecule has 0 unspecified atom stereocenters. The van der Waals surface area contributed by atoms with Gasteiger partial charge in [-0.15, -0.1) is 0 Å². The molecule has 1 heterocycles. The van der Waals surface area contributed by atoms with Gasteiger partial charge in [0.05, 0.1) is 17.7 Å². The Hall–Kier alpha value is -2.45. The normalized spacial score (nSPS) is 13.0. The molecule has 0 bridgehead atoms. The van der Waals surface area contributed by atoms with Crippen LogP contribution in [-0.2, 0) is 11.2 Å². The van der Waals surface area contributed by atoms with Crippen molar-refractivity contribution in [2.45, 2.75) is 18.6 Å². The van der Waals surface area contributed by atoms with Gasteiger partial charge in [-0.25, -0.2) is 8.78 Å². The fourth-order valence-electron chi connectivity index (χ4n) is 1.81. The summed E-state index contributed by atoms with van der Waals surface area (Å²) in [6.07, 6.45) is -4.44. The summed E-state index contributed by atoms with van der Waals surface area (Å²) in [6, 6.07) is 0.778. The Balaban J connectivity index is 2.26. The quantitative estimate of drug-likeness (QED) is 0.881. The predicted molar refractivity (Wildman–Crippen MR) is 63.5 cm³/mol. The van der Waals surface area contributed by atoms with Gasteiger partial charge in [-0.1, -0.05) is 11.2 Å². The third-order valence-electron chi connectivity index (χ3n) is 2.75. The lowest BCUT2D eigenvalue weighted by Gasteiger charge is -2.22. The van der Waals surface area contributed by atoms with E-state index in [-0.39, 0.29) is 5.69 Å². The Morgan fingerprint density at radius 2 is 1.86 bits per heavy atom. The van der Waals surface area contributed by atoms with Crippen LogP contribution in [0.25, 0.3) is 0 Å². The minimum atomic E-state index is -5.07. The molecule has 0 aliphatic heterocycles. The molecule has 9 heteroatoms. The van der Waals surface area contributed by atoms with Crippen LogP contribution in [0.2, 0.25) is 0 Å². The zero-order valence-electron chi connectivity index (χ0n) is 10.8. The van der Waals surface area contributed by atoms with E-state index in [1.165, 1.54) is 6.07 Å². The van der Waals surface area contributed by atoms with E-state index in [1.54, 1.807) is 5.32 Å². The van der Waals surface area contributed by atoms with Crippen molar-refractivity contribution in [2.75, 3.05) is 0 Å². The van der Waals surface area contributed by atoms with E-state index in [9.17, 15) is 26.7 Å². The number of nitrogens with one attached hydrogen (secondary N) is 1. The maximum atomic E-state index is 13.5. The fraction of sp³-hybridized carbons (Fsp3) is 0.231. The third kappa shape index (κ3) is 3.60. The smallest absolute Gasteiger partial charge is 0.364 e. The maximum Gasteiger partial charge on any atom is 0.413 e. The van der Waals surface area contributed by atoms with Gasteiger partial charge in [0.15, 0.2) is 6.04 Å². The minimum absolute atomic E-state index is 0.0902. The molecule has 1 N–H and O–H groups in total. The van der Waals surface area contributed by atoms with Gasteiger partial charge in [0, 0.05) is 6.07 Å². The Labute approximate surface area is 120 Å². The van der Waals surface area contributed by atoms with Gasteiger partial charge in [-0.2, -0.15) is 13.2 Å². The summed E-state index contributed by atoms with van der Waals surface area (Å²) in [5, 5.41) is 4.94. The summed E-state index contributed by atoms with van der Waals surface area (Å²) >= 11 is 0. The highest BCUT2D eigenvalue weighted by Crippen LogP contribution is 2.35. The van der Waals surface area contributed by atoms with Crippen LogP contribution < -0.4 is 5.32 Å². The van der Waals surface area contributed by atoms with Crippen LogP contribution in [0.1, 0.15) is 17.3 Å². The molecule has 0 aliphatic rings. The largest absolute Gasteiger partial charge is 0.413 e. The molecule has 0 fully saturated rings. The summed E-state index contributed by atoms with van der Waals surface area (Å²) in [4.78, 5) is 11.6. The fourth-order valence-corrected chi connectivity index (χ4v) is 1.81. The third-order valence-corrected chi connectivity index (χ3v) is 2.75. The number of hydrogen-bond donors (Lipinski definition) is 1. The first-order valence-electron chi connectivity index (χ1n) is 5.98. The molecular formula is C13H9F5N2O2. The average Bonchev–Trinajstić information content (AvgIpc) is 2.89. The van der Waals surface area contributed by atoms with Crippen LogP contribution in [0.4, 0.5) is 22.0 Å². The van der Waals surface area contributed by atoms with E-state index in [4.69, 9.17) is 0 Å². The summed E-state index contributed by atoms with van der Waals surface area (Å²) in [5.74, 6) is -3.90. The number of halogens is 5. The monoisotopic (exact) mass is 320 g/mol. The Bertz CT molecular complexity index is 635. The second-order valence-corrected chi connectivity index (χ2v) is 4.35. The van der Waals surface area contributed by atoms with E-state index in [1.807, 2.05) is 0 Å². The molecule has 4 nitrogen and oxygen atoms in total. The Kier molecular flexibility index (Phi) is 4.43. The van der Waals surface area contributed by atoms with Crippen molar-refractivity contribution < 1.29 is 31.3 Å². The van der Waals surface area contributed by atoms with Crippen molar-refractivity contribution in [3.05, 3.63) is 53.4 Å². The van der Waals surface area contributed by atoms with Gasteiger partial charge in [-0.3, -0.25) is 4.79 Å². The summed E-state index contributed by atoms with van der Waals surface area (Å²) in [7, 11) is 0. The first-order valence-corrected chi connectivity index (χ1v) is 5.98. The molecule has 1 amide bonds. The topological polar surface area (TPSA) is 55.1 Å². The van der Waals surface area contributed by atoms with Crippen molar-refractivity contribution in [1.82, 2.24) is 10.5 Å². The summed E-state index contributed by atoms with van der Waals surface area (Å²) in [6.45, 7) is 0. The second kappa shape index (κ2) is 6.12. The predicted octanol–water partition coefficient (Wildman–Crippen LogP) is 2.92.